The molecule has 0 spiro atoms. The predicted molar refractivity (Wildman–Crippen MR) is 113 cm³/mol. The Hall–Kier alpha value is -3.38. The molecule has 2 aromatic carbocycles. The van der Waals surface area contributed by atoms with E-state index in [1.807, 2.05) is 40.5 Å². The molecule has 5 rings (SSSR count). The lowest BCUT2D eigenvalue weighted by Crippen LogP contribution is -2.05. The number of hydrogen-bond donors (Lipinski definition) is 1. The molecule has 138 valence electrons. The summed E-state index contributed by atoms with van der Waals surface area (Å²) in [6.45, 7) is 0.724. The Labute approximate surface area is 164 Å². The number of aromatic amines is 1. The first kappa shape index (κ1) is 16.8. The molecule has 0 aliphatic rings. The zero-order chi connectivity index (χ0) is 19.1. The fourth-order valence-electron chi connectivity index (χ4n) is 3.64. The Morgan fingerprint density at radius 3 is 2.75 bits per heavy atom. The molecule has 28 heavy (non-hydrogen) atoms. The summed E-state index contributed by atoms with van der Waals surface area (Å²) in [4.78, 5) is 15.4. The van der Waals surface area contributed by atoms with Gasteiger partial charge < -0.3 is 9.72 Å². The third kappa shape index (κ3) is 2.70. The SMILES string of the molecule is COc1ccc2[nH]c(=O)c3sccc3c2c1-c1ccc(Cn2cccn2)cc1. The molecule has 5 aromatic rings. The predicted octanol–water partition coefficient (Wildman–Crippen LogP) is 4.66. The number of fused-ring (bicyclic) bond motifs is 3. The average Bonchev–Trinajstić information content (AvgIpc) is 3.40. The molecule has 6 heteroatoms. The smallest absolute Gasteiger partial charge is 0.266 e. The van der Waals surface area contributed by atoms with E-state index in [-0.39, 0.29) is 5.56 Å². The number of nitrogens with zero attached hydrogens (tertiary/aromatic N) is 2. The van der Waals surface area contributed by atoms with Crippen molar-refractivity contribution in [1.82, 2.24) is 14.8 Å². The standard InChI is InChI=1S/C22H17N3O2S/c1-27-18-8-7-17-20(16-9-12-28-21(16)22(26)24-17)19(18)15-5-3-14(4-6-15)13-25-11-2-10-23-25/h2-12H,13H2,1H3,(H,24,26). The van der Waals surface area contributed by atoms with Gasteiger partial charge in [0.2, 0.25) is 0 Å². The fourth-order valence-corrected chi connectivity index (χ4v) is 4.44. The molecule has 0 aliphatic carbocycles. The van der Waals surface area contributed by atoms with Crippen LogP contribution in [-0.2, 0) is 6.54 Å². The van der Waals surface area contributed by atoms with E-state index in [0.29, 0.717) is 0 Å². The van der Waals surface area contributed by atoms with Gasteiger partial charge in [-0.1, -0.05) is 24.3 Å². The lowest BCUT2D eigenvalue weighted by atomic mass is 9.96. The van der Waals surface area contributed by atoms with E-state index in [0.717, 1.165) is 44.4 Å². The molecule has 5 nitrogen and oxygen atoms in total. The van der Waals surface area contributed by atoms with Gasteiger partial charge in [0.1, 0.15) is 10.4 Å². The zero-order valence-electron chi connectivity index (χ0n) is 15.2. The van der Waals surface area contributed by atoms with Crippen LogP contribution in [0, 0.1) is 0 Å². The van der Waals surface area contributed by atoms with Crippen LogP contribution < -0.4 is 10.3 Å². The van der Waals surface area contributed by atoms with E-state index in [4.69, 9.17) is 4.74 Å². The summed E-state index contributed by atoms with van der Waals surface area (Å²) >= 11 is 1.46. The topological polar surface area (TPSA) is 59.9 Å². The molecule has 0 fully saturated rings. The molecule has 0 bridgehead atoms. The van der Waals surface area contributed by atoms with E-state index < -0.39 is 0 Å². The number of nitrogens with one attached hydrogen (secondary N) is 1. The maximum atomic E-state index is 12.4. The number of thiophene rings is 1. The van der Waals surface area contributed by atoms with Crippen LogP contribution in [-0.4, -0.2) is 21.9 Å². The van der Waals surface area contributed by atoms with Gasteiger partial charge in [-0.2, -0.15) is 5.10 Å². The fraction of sp³-hybridized carbons (Fsp3) is 0.0909. The van der Waals surface area contributed by atoms with Gasteiger partial charge in [0.15, 0.2) is 0 Å². The van der Waals surface area contributed by atoms with Gasteiger partial charge >= 0.3 is 0 Å². The number of benzene rings is 2. The third-order valence-corrected chi connectivity index (χ3v) is 5.84. The Morgan fingerprint density at radius 2 is 2.00 bits per heavy atom. The first-order valence-corrected chi connectivity index (χ1v) is 9.79. The van der Waals surface area contributed by atoms with E-state index in [9.17, 15) is 4.79 Å². The summed E-state index contributed by atoms with van der Waals surface area (Å²) in [6.07, 6.45) is 3.73. The number of hydrogen-bond acceptors (Lipinski definition) is 4. The van der Waals surface area contributed by atoms with Crippen LogP contribution in [0.3, 0.4) is 0 Å². The Kier molecular flexibility index (Phi) is 3.98. The molecular weight excluding hydrogens is 370 g/mol. The van der Waals surface area contributed by atoms with Gasteiger partial charge in [-0.3, -0.25) is 9.48 Å². The average molecular weight is 387 g/mol. The van der Waals surface area contributed by atoms with Crippen LogP contribution in [0.4, 0.5) is 0 Å². The number of H-pyrrole nitrogens is 1. The van der Waals surface area contributed by atoms with Gasteiger partial charge in [0, 0.05) is 34.2 Å². The molecule has 0 unspecified atom stereocenters. The van der Waals surface area contributed by atoms with Crippen molar-refractivity contribution in [2.24, 2.45) is 0 Å². The maximum Gasteiger partial charge on any atom is 0.266 e. The van der Waals surface area contributed by atoms with Crippen molar-refractivity contribution >= 4 is 32.3 Å². The van der Waals surface area contributed by atoms with Crippen LogP contribution >= 0.6 is 11.3 Å². The van der Waals surface area contributed by atoms with E-state index >= 15 is 0 Å². The van der Waals surface area contributed by atoms with Crippen molar-refractivity contribution in [2.75, 3.05) is 7.11 Å². The summed E-state index contributed by atoms with van der Waals surface area (Å²) in [5.74, 6) is 0.784. The number of ether oxygens (including phenoxy) is 1. The number of methoxy groups -OCH3 is 1. The number of aromatic nitrogens is 3. The minimum Gasteiger partial charge on any atom is -0.496 e. The highest BCUT2D eigenvalue weighted by Gasteiger charge is 2.16. The highest BCUT2D eigenvalue weighted by Crippen LogP contribution is 2.40. The van der Waals surface area contributed by atoms with Gasteiger partial charge in [-0.05, 0) is 40.8 Å². The molecule has 0 atom stereocenters. The lowest BCUT2D eigenvalue weighted by molar-refractivity contribution is 0.417. The maximum absolute atomic E-state index is 12.4. The highest BCUT2D eigenvalue weighted by molar-refractivity contribution is 7.17. The van der Waals surface area contributed by atoms with Crippen molar-refractivity contribution in [3.05, 3.63) is 82.2 Å². The summed E-state index contributed by atoms with van der Waals surface area (Å²) in [5.41, 5.74) is 3.97. The summed E-state index contributed by atoms with van der Waals surface area (Å²) in [6, 6.07) is 16.1. The molecule has 1 N–H and O–H groups in total. The van der Waals surface area contributed by atoms with E-state index in [1.165, 1.54) is 16.9 Å². The molecule has 0 radical (unpaired) electrons. The second-order valence-electron chi connectivity index (χ2n) is 6.58. The van der Waals surface area contributed by atoms with Crippen LogP contribution in [0.15, 0.2) is 71.1 Å². The van der Waals surface area contributed by atoms with Crippen molar-refractivity contribution in [3.8, 4) is 16.9 Å². The Morgan fingerprint density at radius 1 is 1.14 bits per heavy atom. The quantitative estimate of drug-likeness (QED) is 0.488. The third-order valence-electron chi connectivity index (χ3n) is 4.92. The van der Waals surface area contributed by atoms with Gasteiger partial charge in [0.25, 0.3) is 5.56 Å². The molecule has 3 heterocycles. The molecule has 0 saturated heterocycles. The van der Waals surface area contributed by atoms with Crippen LogP contribution in [0.25, 0.3) is 32.1 Å². The van der Waals surface area contributed by atoms with Crippen molar-refractivity contribution in [2.45, 2.75) is 6.54 Å². The normalized spacial score (nSPS) is 11.3. The molecule has 0 saturated carbocycles. The van der Waals surface area contributed by atoms with Gasteiger partial charge in [0.05, 0.1) is 13.7 Å². The molecular formula is C22H17N3O2S. The van der Waals surface area contributed by atoms with Crippen molar-refractivity contribution < 1.29 is 4.74 Å². The minimum atomic E-state index is -0.0526. The van der Waals surface area contributed by atoms with E-state index in [2.05, 4.69) is 34.3 Å². The second-order valence-corrected chi connectivity index (χ2v) is 7.50. The molecule has 0 amide bonds. The van der Waals surface area contributed by atoms with Crippen LogP contribution in [0.1, 0.15) is 5.56 Å². The Balaban J connectivity index is 1.71. The lowest BCUT2D eigenvalue weighted by Gasteiger charge is -2.14. The minimum absolute atomic E-state index is 0.0526. The summed E-state index contributed by atoms with van der Waals surface area (Å²) in [7, 11) is 1.67. The molecule has 3 aromatic heterocycles. The number of pyridine rings is 1. The highest BCUT2D eigenvalue weighted by atomic mass is 32.1. The summed E-state index contributed by atoms with van der Waals surface area (Å²) in [5, 5.41) is 8.18. The van der Waals surface area contributed by atoms with Crippen molar-refractivity contribution in [3.63, 3.8) is 0 Å². The zero-order valence-corrected chi connectivity index (χ0v) is 16.0. The monoisotopic (exact) mass is 387 g/mol. The first-order valence-electron chi connectivity index (χ1n) is 8.91. The van der Waals surface area contributed by atoms with E-state index in [1.54, 1.807) is 13.3 Å². The molecule has 0 aliphatic heterocycles. The van der Waals surface area contributed by atoms with Gasteiger partial charge in [-0.15, -0.1) is 11.3 Å². The van der Waals surface area contributed by atoms with Crippen LogP contribution in [0.5, 0.6) is 5.75 Å². The van der Waals surface area contributed by atoms with Crippen LogP contribution in [0.2, 0.25) is 0 Å². The Bertz CT molecular complexity index is 1330. The first-order chi connectivity index (χ1) is 13.7. The number of rotatable bonds is 4. The summed E-state index contributed by atoms with van der Waals surface area (Å²) < 4.78 is 8.31. The van der Waals surface area contributed by atoms with Gasteiger partial charge in [-0.25, -0.2) is 0 Å². The second kappa shape index (κ2) is 6.65. The largest absolute Gasteiger partial charge is 0.496 e. The van der Waals surface area contributed by atoms with Crippen molar-refractivity contribution in [1.29, 1.82) is 0 Å².